The van der Waals surface area contributed by atoms with Crippen LogP contribution in [0.3, 0.4) is 0 Å². The van der Waals surface area contributed by atoms with Crippen LogP contribution in [-0.2, 0) is 17.9 Å². The van der Waals surface area contributed by atoms with Crippen LogP contribution in [0.15, 0.2) is 28.7 Å². The van der Waals surface area contributed by atoms with E-state index in [4.69, 9.17) is 0 Å². The van der Waals surface area contributed by atoms with Crippen LogP contribution >= 0.6 is 15.9 Å². The van der Waals surface area contributed by atoms with E-state index in [1.807, 2.05) is 40.8 Å². The minimum Gasteiger partial charge on any atom is -0.374 e. The molecule has 0 spiro atoms. The molecule has 0 radical (unpaired) electrons. The topological polar surface area (TPSA) is 50.2 Å². The normalized spacial score (nSPS) is 14.0. The molecule has 0 saturated carbocycles. The molecule has 5 nitrogen and oxygen atoms in total. The smallest absolute Gasteiger partial charge is 0.246 e. The highest BCUT2D eigenvalue weighted by Crippen LogP contribution is 2.32. The number of para-hydroxylation sites is 2. The fourth-order valence-corrected chi connectivity index (χ4v) is 3.01. The number of hydrogen-bond donors (Lipinski definition) is 1. The monoisotopic (exact) mass is 348 g/mol. The van der Waals surface area contributed by atoms with E-state index in [9.17, 15) is 4.79 Å². The van der Waals surface area contributed by atoms with Crippen LogP contribution in [0.2, 0.25) is 0 Å². The van der Waals surface area contributed by atoms with Crippen LogP contribution in [-0.4, -0.2) is 22.2 Å². The Morgan fingerprint density at radius 3 is 2.90 bits per heavy atom. The number of benzene rings is 1. The number of carbonyl (C=O) groups is 1. The third kappa shape index (κ3) is 2.44. The lowest BCUT2D eigenvalue weighted by Gasteiger charge is -2.30. The summed E-state index contributed by atoms with van der Waals surface area (Å²) in [6.45, 7) is 5.65. The third-order valence-corrected chi connectivity index (χ3v) is 4.72. The van der Waals surface area contributed by atoms with Gasteiger partial charge in [-0.15, -0.1) is 0 Å². The second-order valence-electron chi connectivity index (χ2n) is 5.01. The zero-order chi connectivity index (χ0) is 15.0. The molecule has 110 valence electrons. The summed E-state index contributed by atoms with van der Waals surface area (Å²) in [7, 11) is 0. The maximum atomic E-state index is 12.3. The molecule has 2 aromatic rings. The van der Waals surface area contributed by atoms with E-state index >= 15 is 0 Å². The largest absolute Gasteiger partial charge is 0.374 e. The number of fused-ring (bicyclic) bond motifs is 1. The molecule has 21 heavy (non-hydrogen) atoms. The fraction of sp³-hybridized carbons (Fsp3) is 0.333. The molecule has 1 aromatic carbocycles. The average molecular weight is 349 g/mol. The molecule has 0 atom stereocenters. The summed E-state index contributed by atoms with van der Waals surface area (Å²) in [5.74, 6) is 0.0714. The van der Waals surface area contributed by atoms with Crippen LogP contribution in [0.5, 0.6) is 0 Å². The summed E-state index contributed by atoms with van der Waals surface area (Å²) in [6, 6.07) is 7.87. The van der Waals surface area contributed by atoms with Crippen LogP contribution in [0.25, 0.3) is 0 Å². The van der Waals surface area contributed by atoms with Gasteiger partial charge >= 0.3 is 0 Å². The van der Waals surface area contributed by atoms with Crippen molar-refractivity contribution in [1.82, 2.24) is 9.78 Å². The Kier molecular flexibility index (Phi) is 3.71. The molecule has 2 heterocycles. The molecule has 1 N–H and O–H groups in total. The van der Waals surface area contributed by atoms with Crippen LogP contribution in [0, 0.1) is 6.92 Å². The second-order valence-corrected chi connectivity index (χ2v) is 5.81. The number of hydrogen-bond acceptors (Lipinski definition) is 3. The summed E-state index contributed by atoms with van der Waals surface area (Å²) in [5, 5.41) is 7.64. The zero-order valence-corrected chi connectivity index (χ0v) is 13.6. The van der Waals surface area contributed by atoms with Crippen LogP contribution in [0.1, 0.15) is 18.3 Å². The summed E-state index contributed by atoms with van der Waals surface area (Å²) in [6.07, 6.45) is 0. The molecule has 1 aromatic heterocycles. The number of anilines is 2. The highest BCUT2D eigenvalue weighted by molar-refractivity contribution is 9.10. The Morgan fingerprint density at radius 2 is 2.14 bits per heavy atom. The lowest BCUT2D eigenvalue weighted by atomic mass is 10.2. The van der Waals surface area contributed by atoms with E-state index in [2.05, 4.69) is 33.3 Å². The third-order valence-electron chi connectivity index (χ3n) is 3.69. The van der Waals surface area contributed by atoms with Gasteiger partial charge in [0.15, 0.2) is 0 Å². The van der Waals surface area contributed by atoms with Crippen molar-refractivity contribution >= 4 is 33.2 Å². The number of halogens is 1. The highest BCUT2D eigenvalue weighted by atomic mass is 79.9. The van der Waals surface area contributed by atoms with Gasteiger partial charge in [-0.05, 0) is 41.9 Å². The number of carbonyl (C=O) groups excluding carboxylic acids is 1. The summed E-state index contributed by atoms with van der Waals surface area (Å²) >= 11 is 3.59. The van der Waals surface area contributed by atoms with E-state index in [1.165, 1.54) is 0 Å². The first kappa shape index (κ1) is 14.1. The maximum absolute atomic E-state index is 12.3. The number of aryl methyl sites for hydroxylation is 2. The van der Waals surface area contributed by atoms with E-state index in [0.717, 1.165) is 33.8 Å². The molecule has 6 heteroatoms. The molecule has 0 saturated heterocycles. The van der Waals surface area contributed by atoms with Crippen molar-refractivity contribution in [3.8, 4) is 0 Å². The summed E-state index contributed by atoms with van der Waals surface area (Å²) in [4.78, 5) is 14.1. The van der Waals surface area contributed by atoms with Gasteiger partial charge in [0, 0.05) is 6.54 Å². The Labute approximate surface area is 132 Å². The minimum absolute atomic E-state index is 0.0714. The van der Waals surface area contributed by atoms with Gasteiger partial charge in [-0.1, -0.05) is 12.1 Å². The lowest BCUT2D eigenvalue weighted by molar-refractivity contribution is -0.117. The van der Waals surface area contributed by atoms with Gasteiger partial charge in [0.1, 0.15) is 0 Å². The van der Waals surface area contributed by atoms with Gasteiger partial charge in [0.05, 0.1) is 40.3 Å². The van der Waals surface area contributed by atoms with Gasteiger partial charge in [-0.25, -0.2) is 0 Å². The van der Waals surface area contributed by atoms with Crippen molar-refractivity contribution < 1.29 is 4.79 Å². The van der Waals surface area contributed by atoms with Gasteiger partial charge in [0.2, 0.25) is 5.91 Å². The fourth-order valence-electron chi connectivity index (χ4n) is 2.60. The van der Waals surface area contributed by atoms with Gasteiger partial charge < -0.3 is 10.2 Å². The van der Waals surface area contributed by atoms with E-state index < -0.39 is 0 Å². The molecular weight excluding hydrogens is 332 g/mol. The van der Waals surface area contributed by atoms with Crippen molar-refractivity contribution in [2.24, 2.45) is 0 Å². The number of amides is 1. The Hall–Kier alpha value is -1.82. The van der Waals surface area contributed by atoms with Crippen molar-refractivity contribution in [2.75, 3.05) is 16.8 Å². The van der Waals surface area contributed by atoms with E-state index in [-0.39, 0.29) is 5.91 Å². The molecule has 1 aliphatic heterocycles. The maximum Gasteiger partial charge on any atom is 0.246 e. The molecule has 1 amide bonds. The first-order valence-corrected chi connectivity index (χ1v) is 7.76. The molecule has 0 bridgehead atoms. The summed E-state index contributed by atoms with van der Waals surface area (Å²) < 4.78 is 2.92. The van der Waals surface area contributed by atoms with Crippen molar-refractivity contribution in [2.45, 2.75) is 26.9 Å². The zero-order valence-electron chi connectivity index (χ0n) is 12.1. The Balaban J connectivity index is 2.00. The summed E-state index contributed by atoms with van der Waals surface area (Å²) in [5.41, 5.74) is 3.89. The first-order valence-electron chi connectivity index (χ1n) is 6.97. The van der Waals surface area contributed by atoms with Crippen molar-refractivity contribution in [3.63, 3.8) is 0 Å². The molecular formula is C15H17BrN4O. The Bertz CT molecular complexity index is 695. The standard InChI is InChI=1S/C15H17BrN4O/c1-3-20-13(15(16)10(2)18-20)9-19-12-7-5-4-6-11(12)17-8-14(19)21/h4-7,17H,3,8-9H2,1-2H3. The quantitative estimate of drug-likeness (QED) is 0.927. The predicted octanol–water partition coefficient (Wildman–Crippen LogP) is 2.93. The first-order chi connectivity index (χ1) is 10.1. The SMILES string of the molecule is CCn1nc(C)c(Br)c1CN1C(=O)CNc2ccccc21. The molecule has 3 rings (SSSR count). The predicted molar refractivity (Wildman–Crippen MR) is 86.5 cm³/mol. The lowest BCUT2D eigenvalue weighted by Crippen LogP contribution is -2.39. The average Bonchev–Trinajstić information content (AvgIpc) is 2.77. The second kappa shape index (κ2) is 5.52. The van der Waals surface area contributed by atoms with Gasteiger partial charge in [-0.3, -0.25) is 9.48 Å². The van der Waals surface area contributed by atoms with Crippen LogP contribution in [0.4, 0.5) is 11.4 Å². The van der Waals surface area contributed by atoms with Gasteiger partial charge in [-0.2, -0.15) is 5.10 Å². The van der Waals surface area contributed by atoms with Crippen molar-refractivity contribution in [3.05, 3.63) is 40.1 Å². The molecule has 0 fully saturated rings. The molecule has 0 aliphatic carbocycles. The van der Waals surface area contributed by atoms with Gasteiger partial charge in [0.25, 0.3) is 0 Å². The number of rotatable bonds is 3. The number of nitrogens with one attached hydrogen (secondary N) is 1. The van der Waals surface area contributed by atoms with E-state index in [0.29, 0.717) is 13.1 Å². The number of nitrogens with zero attached hydrogens (tertiary/aromatic N) is 3. The minimum atomic E-state index is 0.0714. The van der Waals surface area contributed by atoms with Crippen molar-refractivity contribution in [1.29, 1.82) is 0 Å². The Morgan fingerprint density at radius 1 is 1.38 bits per heavy atom. The van der Waals surface area contributed by atoms with E-state index in [1.54, 1.807) is 0 Å². The van der Waals surface area contributed by atoms with Crippen LogP contribution < -0.4 is 10.2 Å². The molecule has 0 unspecified atom stereocenters. The molecule has 1 aliphatic rings. The highest BCUT2D eigenvalue weighted by Gasteiger charge is 2.26. The number of aromatic nitrogens is 2.